The fourth-order valence-electron chi connectivity index (χ4n) is 3.00. The molecule has 0 fully saturated rings. The number of hydrogen-bond acceptors (Lipinski definition) is 3. The molecule has 0 aromatic heterocycles. The Hall–Kier alpha value is -1.26. The molecular formula is C14H21ClN2O2. The summed E-state index contributed by atoms with van der Waals surface area (Å²) in [4.78, 5) is 11.4. The molecule has 0 bridgehead atoms. The van der Waals surface area contributed by atoms with E-state index in [0.717, 1.165) is 24.0 Å². The molecule has 0 radical (unpaired) electrons. The van der Waals surface area contributed by atoms with Crippen molar-refractivity contribution < 1.29 is 9.53 Å². The molecule has 0 saturated carbocycles. The quantitative estimate of drug-likeness (QED) is 0.816. The van der Waals surface area contributed by atoms with Gasteiger partial charge in [0.2, 0.25) is 0 Å². The van der Waals surface area contributed by atoms with Crippen LogP contribution in [0.15, 0.2) is 12.1 Å². The van der Waals surface area contributed by atoms with Crippen LogP contribution < -0.4 is 11.5 Å². The monoisotopic (exact) mass is 284 g/mol. The molecule has 106 valence electrons. The second-order valence-corrected chi connectivity index (χ2v) is 5.58. The number of ether oxygens (including phenoxy) is 1. The van der Waals surface area contributed by atoms with Crippen LogP contribution in [0.2, 0.25) is 0 Å². The summed E-state index contributed by atoms with van der Waals surface area (Å²) >= 11 is 0. The molecule has 0 saturated heterocycles. The molecule has 19 heavy (non-hydrogen) atoms. The van der Waals surface area contributed by atoms with Gasteiger partial charge in [0.1, 0.15) is 0 Å². The number of halogens is 1. The van der Waals surface area contributed by atoms with E-state index in [9.17, 15) is 4.79 Å². The van der Waals surface area contributed by atoms with E-state index in [0.29, 0.717) is 11.3 Å². The SMILES string of the molecule is COC1Cc2ccc(C(N)=O)c(N)c2C(C)(C)C1.Cl. The Kier molecular flexibility index (Phi) is 4.48. The summed E-state index contributed by atoms with van der Waals surface area (Å²) < 4.78 is 5.47. The first-order chi connectivity index (χ1) is 8.36. The third kappa shape index (κ3) is 2.69. The van der Waals surface area contributed by atoms with Crippen LogP contribution in [0.3, 0.4) is 0 Å². The Bertz CT molecular complexity index is 500. The van der Waals surface area contributed by atoms with Crippen molar-refractivity contribution in [3.63, 3.8) is 0 Å². The van der Waals surface area contributed by atoms with Crippen molar-refractivity contribution in [2.24, 2.45) is 5.73 Å². The van der Waals surface area contributed by atoms with E-state index < -0.39 is 5.91 Å². The third-order valence-corrected chi connectivity index (χ3v) is 3.79. The Morgan fingerprint density at radius 1 is 1.42 bits per heavy atom. The molecule has 1 aliphatic carbocycles. The lowest BCUT2D eigenvalue weighted by molar-refractivity contribution is 0.0704. The summed E-state index contributed by atoms with van der Waals surface area (Å²) in [6.07, 6.45) is 1.92. The standard InChI is InChI=1S/C14H20N2O2.ClH/c1-14(2)7-9(18-3)6-8-4-5-10(13(16)17)12(15)11(8)14;/h4-5,9H,6-7,15H2,1-3H3,(H2,16,17);1H. The molecule has 1 aliphatic rings. The van der Waals surface area contributed by atoms with E-state index in [1.54, 1.807) is 13.2 Å². The number of carbonyl (C=O) groups is 1. The maximum absolute atomic E-state index is 11.4. The van der Waals surface area contributed by atoms with Gasteiger partial charge in [0.05, 0.1) is 11.7 Å². The van der Waals surface area contributed by atoms with Crippen LogP contribution in [0, 0.1) is 0 Å². The number of anilines is 1. The van der Waals surface area contributed by atoms with Gasteiger partial charge >= 0.3 is 0 Å². The molecule has 4 nitrogen and oxygen atoms in total. The van der Waals surface area contributed by atoms with E-state index in [-0.39, 0.29) is 23.9 Å². The van der Waals surface area contributed by atoms with Gasteiger partial charge in [-0.3, -0.25) is 4.79 Å². The minimum Gasteiger partial charge on any atom is -0.398 e. The zero-order chi connectivity index (χ0) is 13.5. The van der Waals surface area contributed by atoms with Crippen molar-refractivity contribution in [3.8, 4) is 0 Å². The van der Waals surface area contributed by atoms with Crippen LogP contribution in [0.5, 0.6) is 0 Å². The number of hydrogen-bond donors (Lipinski definition) is 2. The van der Waals surface area contributed by atoms with Gasteiger partial charge in [-0.1, -0.05) is 19.9 Å². The zero-order valence-electron chi connectivity index (χ0n) is 11.5. The minimum absolute atomic E-state index is 0. The lowest BCUT2D eigenvalue weighted by Gasteiger charge is -2.38. The highest BCUT2D eigenvalue weighted by molar-refractivity contribution is 5.99. The highest BCUT2D eigenvalue weighted by Gasteiger charge is 2.35. The molecular weight excluding hydrogens is 264 g/mol. The van der Waals surface area contributed by atoms with E-state index in [2.05, 4.69) is 13.8 Å². The van der Waals surface area contributed by atoms with Gasteiger partial charge in [0.25, 0.3) is 5.91 Å². The van der Waals surface area contributed by atoms with Crippen LogP contribution in [0.4, 0.5) is 5.69 Å². The van der Waals surface area contributed by atoms with E-state index in [1.807, 2.05) is 6.07 Å². The molecule has 4 N–H and O–H groups in total. The number of amides is 1. The van der Waals surface area contributed by atoms with Gasteiger partial charge in [-0.25, -0.2) is 0 Å². The predicted octanol–water partition coefficient (Wildman–Crippen LogP) is 2.03. The van der Waals surface area contributed by atoms with Gasteiger partial charge in [-0.05, 0) is 35.4 Å². The molecule has 0 heterocycles. The summed E-state index contributed by atoms with van der Waals surface area (Å²) in [6, 6.07) is 3.66. The van der Waals surface area contributed by atoms with Crippen molar-refractivity contribution in [2.45, 2.75) is 38.2 Å². The van der Waals surface area contributed by atoms with Gasteiger partial charge in [-0.2, -0.15) is 0 Å². The lowest BCUT2D eigenvalue weighted by atomic mass is 9.70. The second-order valence-electron chi connectivity index (χ2n) is 5.58. The van der Waals surface area contributed by atoms with Gasteiger partial charge in [0.15, 0.2) is 0 Å². The first kappa shape index (κ1) is 15.8. The van der Waals surface area contributed by atoms with E-state index in [4.69, 9.17) is 16.2 Å². The minimum atomic E-state index is -0.472. The van der Waals surface area contributed by atoms with Gasteiger partial charge in [0, 0.05) is 12.8 Å². The summed E-state index contributed by atoms with van der Waals surface area (Å²) in [5.74, 6) is -0.472. The zero-order valence-corrected chi connectivity index (χ0v) is 12.3. The van der Waals surface area contributed by atoms with Gasteiger partial charge in [-0.15, -0.1) is 12.4 Å². The average molecular weight is 285 g/mol. The predicted molar refractivity (Wildman–Crippen MR) is 78.8 cm³/mol. The smallest absolute Gasteiger partial charge is 0.250 e. The van der Waals surface area contributed by atoms with Crippen LogP contribution in [-0.2, 0) is 16.6 Å². The largest absolute Gasteiger partial charge is 0.398 e. The number of primary amides is 1. The fraction of sp³-hybridized carbons (Fsp3) is 0.500. The molecule has 5 heteroatoms. The Morgan fingerprint density at radius 2 is 2.05 bits per heavy atom. The summed E-state index contributed by atoms with van der Waals surface area (Å²) in [6.45, 7) is 4.25. The average Bonchev–Trinajstić information content (AvgIpc) is 2.26. The van der Waals surface area contributed by atoms with Crippen molar-refractivity contribution in [3.05, 3.63) is 28.8 Å². The summed E-state index contributed by atoms with van der Waals surface area (Å²) in [7, 11) is 1.73. The van der Waals surface area contributed by atoms with Gasteiger partial charge < -0.3 is 16.2 Å². The van der Waals surface area contributed by atoms with Crippen molar-refractivity contribution in [1.82, 2.24) is 0 Å². The Morgan fingerprint density at radius 3 is 2.58 bits per heavy atom. The maximum Gasteiger partial charge on any atom is 0.250 e. The normalized spacial score (nSPS) is 20.3. The van der Waals surface area contributed by atoms with E-state index >= 15 is 0 Å². The number of methoxy groups -OCH3 is 1. The number of nitrogens with two attached hydrogens (primary N) is 2. The number of rotatable bonds is 2. The molecule has 1 unspecified atom stereocenters. The number of fused-ring (bicyclic) bond motifs is 1. The molecule has 1 atom stereocenters. The van der Waals surface area contributed by atoms with Crippen molar-refractivity contribution in [1.29, 1.82) is 0 Å². The third-order valence-electron chi connectivity index (χ3n) is 3.79. The second kappa shape index (κ2) is 5.39. The molecule has 1 amide bonds. The molecule has 0 aliphatic heterocycles. The maximum atomic E-state index is 11.4. The van der Waals surface area contributed by atoms with Crippen LogP contribution in [-0.4, -0.2) is 19.1 Å². The van der Waals surface area contributed by atoms with Crippen molar-refractivity contribution in [2.75, 3.05) is 12.8 Å². The van der Waals surface area contributed by atoms with E-state index in [1.165, 1.54) is 0 Å². The molecule has 0 spiro atoms. The Balaban J connectivity index is 0.00000180. The highest BCUT2D eigenvalue weighted by Crippen LogP contribution is 2.42. The lowest BCUT2D eigenvalue weighted by Crippen LogP contribution is -2.35. The topological polar surface area (TPSA) is 78.3 Å². The number of nitrogen functional groups attached to an aromatic ring is 1. The first-order valence-corrected chi connectivity index (χ1v) is 6.11. The summed E-state index contributed by atoms with van der Waals surface area (Å²) in [5.41, 5.74) is 14.5. The molecule has 2 rings (SSSR count). The highest BCUT2D eigenvalue weighted by atomic mass is 35.5. The van der Waals surface area contributed by atoms with Crippen LogP contribution in [0.25, 0.3) is 0 Å². The number of benzene rings is 1. The number of carbonyl (C=O) groups excluding carboxylic acids is 1. The first-order valence-electron chi connectivity index (χ1n) is 6.11. The van der Waals surface area contributed by atoms with Crippen molar-refractivity contribution >= 4 is 24.0 Å². The summed E-state index contributed by atoms with van der Waals surface area (Å²) in [5, 5.41) is 0. The Labute approximate surface area is 119 Å². The van der Waals surface area contributed by atoms with Crippen LogP contribution in [0.1, 0.15) is 41.8 Å². The fourth-order valence-corrected chi connectivity index (χ4v) is 3.00. The van der Waals surface area contributed by atoms with Crippen LogP contribution >= 0.6 is 12.4 Å². The molecule has 1 aromatic carbocycles. The molecule has 1 aromatic rings.